The van der Waals surface area contributed by atoms with Crippen molar-refractivity contribution >= 4 is 28.7 Å². The van der Waals surface area contributed by atoms with Crippen molar-refractivity contribution in [3.05, 3.63) is 41.1 Å². The number of hydrogen-bond donors (Lipinski definition) is 0. The molecule has 0 bridgehead atoms. The second-order valence-corrected chi connectivity index (χ2v) is 9.84. The van der Waals surface area contributed by atoms with Crippen LogP contribution in [-0.2, 0) is 13.2 Å². The van der Waals surface area contributed by atoms with Gasteiger partial charge >= 0.3 is 6.18 Å². The van der Waals surface area contributed by atoms with Gasteiger partial charge in [0.1, 0.15) is 23.1 Å². The summed E-state index contributed by atoms with van der Waals surface area (Å²) in [6, 6.07) is 2.33. The van der Waals surface area contributed by atoms with Crippen molar-refractivity contribution in [3.63, 3.8) is 0 Å². The van der Waals surface area contributed by atoms with Crippen LogP contribution in [-0.4, -0.2) is 50.5 Å². The van der Waals surface area contributed by atoms with Crippen LogP contribution < -0.4 is 4.90 Å². The fourth-order valence-electron chi connectivity index (χ4n) is 5.10. The minimum atomic E-state index is -4.95. The van der Waals surface area contributed by atoms with E-state index in [0.717, 1.165) is 45.2 Å². The minimum Gasteiger partial charge on any atom is -0.353 e. The van der Waals surface area contributed by atoms with Crippen molar-refractivity contribution < 1.29 is 22.0 Å². The lowest BCUT2D eigenvalue weighted by Gasteiger charge is -2.55. The average Bonchev–Trinajstić information content (AvgIpc) is 3.10. The molecule has 1 saturated heterocycles. The molecule has 0 atom stereocenters. The summed E-state index contributed by atoms with van der Waals surface area (Å²) in [6.07, 6.45) is 2.12. The lowest BCUT2D eigenvalue weighted by atomic mass is 9.75. The van der Waals surface area contributed by atoms with Gasteiger partial charge in [-0.2, -0.15) is 18.3 Å². The maximum absolute atomic E-state index is 14.9. The van der Waals surface area contributed by atoms with Crippen LogP contribution in [0.15, 0.2) is 18.3 Å². The van der Waals surface area contributed by atoms with Gasteiger partial charge in [-0.25, -0.2) is 18.1 Å². The van der Waals surface area contributed by atoms with Gasteiger partial charge in [0, 0.05) is 61.0 Å². The summed E-state index contributed by atoms with van der Waals surface area (Å²) in [5.41, 5.74) is -1.84. The molecule has 1 aliphatic carbocycles. The first kappa shape index (κ1) is 23.3. The van der Waals surface area contributed by atoms with Crippen molar-refractivity contribution in [2.24, 2.45) is 7.05 Å². The summed E-state index contributed by atoms with van der Waals surface area (Å²) in [7, 11) is 1.65. The number of aryl methyl sites for hydroxylation is 1. The van der Waals surface area contributed by atoms with E-state index in [9.17, 15) is 22.0 Å². The molecule has 11 heteroatoms. The highest BCUT2D eigenvalue weighted by molar-refractivity contribution is 7.96. The average molecular weight is 498 g/mol. The van der Waals surface area contributed by atoms with E-state index in [1.807, 2.05) is 6.07 Å². The van der Waals surface area contributed by atoms with E-state index in [0.29, 0.717) is 17.0 Å². The summed E-state index contributed by atoms with van der Waals surface area (Å²) < 4.78 is 73.2. The zero-order valence-corrected chi connectivity index (χ0v) is 19.8. The van der Waals surface area contributed by atoms with E-state index >= 15 is 0 Å². The van der Waals surface area contributed by atoms with Gasteiger partial charge in [0.2, 0.25) is 0 Å². The Hall–Kier alpha value is -2.40. The molecule has 34 heavy (non-hydrogen) atoms. The molecule has 2 aromatic heterocycles. The number of pyridine rings is 1. The van der Waals surface area contributed by atoms with E-state index in [-0.39, 0.29) is 11.2 Å². The summed E-state index contributed by atoms with van der Waals surface area (Å²) in [6.45, 7) is 3.54. The second kappa shape index (κ2) is 8.08. The first-order valence-electron chi connectivity index (χ1n) is 11.0. The molecule has 5 nitrogen and oxygen atoms in total. The van der Waals surface area contributed by atoms with Crippen LogP contribution in [0, 0.1) is 18.6 Å². The third-order valence-corrected chi connectivity index (χ3v) is 8.13. The Bertz CT molecular complexity index is 1270. The molecule has 1 spiro atoms. The zero-order chi connectivity index (χ0) is 24.4. The zero-order valence-electron chi connectivity index (χ0n) is 19.0. The molecule has 5 rings (SSSR count). The Morgan fingerprint density at radius 3 is 2.44 bits per heavy atom. The molecule has 1 saturated carbocycles. The number of hydrogen-bond acceptors (Lipinski definition) is 5. The maximum Gasteiger partial charge on any atom is 0.419 e. The molecule has 0 amide bonds. The van der Waals surface area contributed by atoms with Gasteiger partial charge in [0.25, 0.3) is 0 Å². The van der Waals surface area contributed by atoms with Gasteiger partial charge in [0.15, 0.2) is 0 Å². The molecule has 2 fully saturated rings. The van der Waals surface area contributed by atoms with E-state index in [4.69, 9.17) is 0 Å². The molecule has 1 aromatic carbocycles. The summed E-state index contributed by atoms with van der Waals surface area (Å²) in [5.74, 6) is -1.92. The van der Waals surface area contributed by atoms with E-state index in [2.05, 4.69) is 25.5 Å². The van der Waals surface area contributed by atoms with Crippen molar-refractivity contribution in [1.29, 1.82) is 0 Å². The number of alkyl halides is 3. The number of halogens is 5. The van der Waals surface area contributed by atoms with Crippen molar-refractivity contribution in [3.8, 4) is 11.3 Å². The second-order valence-electron chi connectivity index (χ2n) is 9.04. The third kappa shape index (κ3) is 3.55. The number of fused-ring (bicyclic) bond motifs is 1. The van der Waals surface area contributed by atoms with E-state index < -0.39 is 34.5 Å². The number of nitrogens with zero attached hydrogens (tertiary/aromatic N) is 5. The van der Waals surface area contributed by atoms with Crippen LogP contribution in [0.5, 0.6) is 0 Å². The Balaban J connectivity index is 1.56. The largest absolute Gasteiger partial charge is 0.419 e. The van der Waals surface area contributed by atoms with Crippen LogP contribution in [0.25, 0.3) is 22.2 Å². The van der Waals surface area contributed by atoms with E-state index in [1.54, 1.807) is 19.0 Å². The molecule has 1 aliphatic heterocycles. The monoisotopic (exact) mass is 497 g/mol. The third-order valence-electron chi connectivity index (χ3n) is 7.12. The van der Waals surface area contributed by atoms with Gasteiger partial charge in [-0.3, -0.25) is 4.68 Å². The predicted octanol–water partition coefficient (Wildman–Crippen LogP) is 5.56. The molecule has 0 radical (unpaired) electrons. The number of aromatic nitrogens is 3. The highest BCUT2D eigenvalue weighted by Crippen LogP contribution is 2.44. The quantitative estimate of drug-likeness (QED) is 0.350. The molecule has 3 aromatic rings. The topological polar surface area (TPSA) is 37.2 Å². The Morgan fingerprint density at radius 1 is 1.09 bits per heavy atom. The Kier molecular flexibility index (Phi) is 5.55. The Morgan fingerprint density at radius 2 is 1.82 bits per heavy atom. The van der Waals surface area contributed by atoms with Crippen molar-refractivity contribution in [2.45, 2.75) is 37.9 Å². The van der Waals surface area contributed by atoms with Crippen LogP contribution in [0.1, 0.15) is 30.4 Å². The highest BCUT2D eigenvalue weighted by atomic mass is 32.2. The maximum atomic E-state index is 14.9. The molecule has 3 heterocycles. The van der Waals surface area contributed by atoms with Crippen LogP contribution in [0.3, 0.4) is 0 Å². The number of piperazine rings is 1. The van der Waals surface area contributed by atoms with Gasteiger partial charge in [0.05, 0.1) is 11.1 Å². The summed E-state index contributed by atoms with van der Waals surface area (Å²) in [5, 5.41) is 4.71. The lowest BCUT2D eigenvalue weighted by molar-refractivity contribution is -0.140. The number of rotatable bonds is 3. The molecule has 0 N–H and O–H groups in total. The Labute approximate surface area is 198 Å². The predicted molar refractivity (Wildman–Crippen MR) is 123 cm³/mol. The molecule has 0 unspecified atom stereocenters. The fourth-order valence-corrected chi connectivity index (χ4v) is 5.99. The number of anilines is 1. The first-order valence-corrected chi connectivity index (χ1v) is 12.2. The minimum absolute atomic E-state index is 0.00492. The van der Waals surface area contributed by atoms with Crippen LogP contribution >= 0.6 is 11.9 Å². The first-order chi connectivity index (χ1) is 16.1. The summed E-state index contributed by atoms with van der Waals surface area (Å²) in [4.78, 5) is 6.80. The molecular weight excluding hydrogens is 473 g/mol. The fraction of sp³-hybridized carbons (Fsp3) is 0.478. The number of benzene rings is 1. The van der Waals surface area contributed by atoms with Crippen molar-refractivity contribution in [2.75, 3.05) is 30.8 Å². The summed E-state index contributed by atoms with van der Waals surface area (Å²) >= 11 is 1.77. The van der Waals surface area contributed by atoms with Gasteiger partial charge in [-0.15, -0.1) is 0 Å². The molecule has 182 valence electrons. The highest BCUT2D eigenvalue weighted by Gasteiger charge is 2.46. The van der Waals surface area contributed by atoms with Gasteiger partial charge in [-0.05, 0) is 38.5 Å². The normalized spacial score (nSPS) is 18.6. The SMILES string of the molecule is CSN1CCN(c2cc3c(cn2)c(-c2cc(C(F)(F)F)c(F)c(C)c2F)nn3C)CC12CCC2. The van der Waals surface area contributed by atoms with Crippen LogP contribution in [0.4, 0.5) is 27.8 Å². The van der Waals surface area contributed by atoms with Gasteiger partial charge < -0.3 is 4.90 Å². The van der Waals surface area contributed by atoms with E-state index in [1.165, 1.54) is 17.3 Å². The smallest absolute Gasteiger partial charge is 0.353 e. The van der Waals surface area contributed by atoms with Crippen LogP contribution in [0.2, 0.25) is 0 Å². The molecular formula is C23H24F5N5S. The molecule has 2 aliphatic rings. The lowest BCUT2D eigenvalue weighted by Crippen LogP contribution is -2.63. The van der Waals surface area contributed by atoms with Gasteiger partial charge in [-0.1, -0.05) is 11.9 Å². The van der Waals surface area contributed by atoms with Crippen molar-refractivity contribution in [1.82, 2.24) is 19.1 Å². The standard InChI is InChI=1S/C23H24F5N5S/c1-13-19(24)14(9-16(20(13)25)23(26,27)28)21-15-11-29-18(10-17(15)31(2)30-21)32-7-8-33(34-3)22(12-32)5-4-6-22/h9-11H,4-8,12H2,1-3H3.